The van der Waals surface area contributed by atoms with Crippen LogP contribution in [0.2, 0.25) is 0 Å². The van der Waals surface area contributed by atoms with E-state index in [2.05, 4.69) is 10.6 Å². The Morgan fingerprint density at radius 3 is 1.74 bits per heavy atom. The molecule has 0 unspecified atom stereocenters. The molecule has 2 N–H and O–H groups in total. The molecule has 160 valence electrons. The number of halogens is 2. The first-order valence-corrected chi connectivity index (χ1v) is 9.83. The van der Waals surface area contributed by atoms with Crippen molar-refractivity contribution in [3.05, 3.63) is 101 Å². The highest BCUT2D eigenvalue weighted by atomic mass is 19.1. The van der Waals surface area contributed by atoms with Gasteiger partial charge in [0.1, 0.15) is 23.5 Å². The fourth-order valence-electron chi connectivity index (χ4n) is 2.89. The summed E-state index contributed by atoms with van der Waals surface area (Å²) in [4.78, 5) is 25.3. The lowest BCUT2D eigenvalue weighted by Crippen LogP contribution is -2.41. The van der Waals surface area contributed by atoms with Crippen molar-refractivity contribution < 1.29 is 23.1 Å². The zero-order chi connectivity index (χ0) is 22.2. The van der Waals surface area contributed by atoms with Gasteiger partial charge in [-0.25, -0.2) is 8.78 Å². The quantitative estimate of drug-likeness (QED) is 0.519. The molecule has 5 nitrogen and oxygen atoms in total. The van der Waals surface area contributed by atoms with Crippen LogP contribution < -0.4 is 15.4 Å². The van der Waals surface area contributed by atoms with Gasteiger partial charge in [0, 0.05) is 0 Å². The second-order valence-electron chi connectivity index (χ2n) is 6.76. The summed E-state index contributed by atoms with van der Waals surface area (Å²) in [7, 11) is 0. The van der Waals surface area contributed by atoms with E-state index in [4.69, 9.17) is 4.74 Å². The van der Waals surface area contributed by atoms with Crippen LogP contribution in [-0.2, 0) is 0 Å². The van der Waals surface area contributed by atoms with Crippen LogP contribution in [0.3, 0.4) is 0 Å². The first-order chi connectivity index (χ1) is 15.0. The van der Waals surface area contributed by atoms with Gasteiger partial charge in [-0.3, -0.25) is 9.59 Å². The van der Waals surface area contributed by atoms with Crippen LogP contribution in [0.25, 0.3) is 0 Å². The van der Waals surface area contributed by atoms with E-state index < -0.39 is 29.6 Å². The average molecular weight is 424 g/mol. The Labute approximate surface area is 179 Å². The van der Waals surface area contributed by atoms with Crippen molar-refractivity contribution in [2.45, 2.75) is 19.5 Å². The van der Waals surface area contributed by atoms with Crippen molar-refractivity contribution >= 4 is 11.8 Å². The number of carbonyl (C=O) groups excluding carboxylic acids is 2. The zero-order valence-corrected chi connectivity index (χ0v) is 16.9. The molecule has 2 amide bonds. The number of rotatable bonds is 8. The molecule has 0 aromatic heterocycles. The molecule has 3 rings (SSSR count). The lowest BCUT2D eigenvalue weighted by atomic mass is 10.1. The van der Waals surface area contributed by atoms with Gasteiger partial charge >= 0.3 is 0 Å². The topological polar surface area (TPSA) is 67.4 Å². The molecule has 0 heterocycles. The molecular formula is C24H22F2N2O3. The van der Waals surface area contributed by atoms with Gasteiger partial charge in [0.25, 0.3) is 11.8 Å². The normalized spacial score (nSPS) is 10.6. The van der Waals surface area contributed by atoms with E-state index in [0.717, 1.165) is 6.42 Å². The monoisotopic (exact) mass is 424 g/mol. The van der Waals surface area contributed by atoms with E-state index in [1.165, 1.54) is 48.5 Å². The van der Waals surface area contributed by atoms with E-state index in [9.17, 15) is 18.4 Å². The number of benzene rings is 3. The van der Waals surface area contributed by atoms with Gasteiger partial charge in [-0.2, -0.15) is 0 Å². The molecule has 0 bridgehead atoms. The van der Waals surface area contributed by atoms with Crippen molar-refractivity contribution in [3.8, 4) is 5.75 Å². The van der Waals surface area contributed by atoms with Crippen LogP contribution in [-0.4, -0.2) is 18.4 Å². The minimum atomic E-state index is -1.03. The lowest BCUT2D eigenvalue weighted by molar-refractivity contribution is 0.0879. The minimum Gasteiger partial charge on any atom is -0.494 e. The van der Waals surface area contributed by atoms with Crippen LogP contribution in [0.1, 0.15) is 45.8 Å². The summed E-state index contributed by atoms with van der Waals surface area (Å²) in [6, 6.07) is 17.7. The van der Waals surface area contributed by atoms with Crippen molar-refractivity contribution in [1.82, 2.24) is 10.6 Å². The van der Waals surface area contributed by atoms with Gasteiger partial charge in [0.2, 0.25) is 0 Å². The SMILES string of the molecule is CCCOc1ccc(C(NC(=O)c2ccccc2F)NC(=O)c2ccccc2F)cc1. The lowest BCUT2D eigenvalue weighted by Gasteiger charge is -2.21. The number of nitrogens with one attached hydrogen (secondary N) is 2. The van der Waals surface area contributed by atoms with E-state index >= 15 is 0 Å². The second-order valence-corrected chi connectivity index (χ2v) is 6.76. The van der Waals surface area contributed by atoms with Crippen LogP contribution >= 0.6 is 0 Å². The third-order valence-corrected chi connectivity index (χ3v) is 4.47. The summed E-state index contributed by atoms with van der Waals surface area (Å²) >= 11 is 0. The van der Waals surface area contributed by atoms with Crippen molar-refractivity contribution in [3.63, 3.8) is 0 Å². The summed E-state index contributed by atoms with van der Waals surface area (Å²) in [5, 5.41) is 5.20. The molecule has 0 atom stereocenters. The fourth-order valence-corrected chi connectivity index (χ4v) is 2.89. The van der Waals surface area contributed by atoms with Gasteiger partial charge in [0.05, 0.1) is 17.7 Å². The largest absolute Gasteiger partial charge is 0.494 e. The molecule has 0 aliphatic carbocycles. The molecule has 0 aliphatic heterocycles. The molecule has 0 spiro atoms. The van der Waals surface area contributed by atoms with Crippen LogP contribution in [0.4, 0.5) is 8.78 Å². The summed E-state index contributed by atoms with van der Waals surface area (Å²) in [6.07, 6.45) is -0.179. The first-order valence-electron chi connectivity index (χ1n) is 9.83. The predicted molar refractivity (Wildman–Crippen MR) is 113 cm³/mol. The van der Waals surface area contributed by atoms with E-state index in [0.29, 0.717) is 17.9 Å². The molecule has 0 radical (unpaired) electrons. The molecule has 0 saturated carbocycles. The number of amides is 2. The number of carbonyl (C=O) groups is 2. The highest BCUT2D eigenvalue weighted by Crippen LogP contribution is 2.19. The van der Waals surface area contributed by atoms with E-state index in [-0.39, 0.29) is 11.1 Å². The maximum Gasteiger partial charge on any atom is 0.256 e. The smallest absolute Gasteiger partial charge is 0.256 e. The Kier molecular flexibility index (Phi) is 7.32. The molecule has 7 heteroatoms. The molecular weight excluding hydrogens is 402 g/mol. The Morgan fingerprint density at radius 1 is 0.806 bits per heavy atom. The van der Waals surface area contributed by atoms with Crippen molar-refractivity contribution in [2.24, 2.45) is 0 Å². The summed E-state index contributed by atoms with van der Waals surface area (Å²) in [6.45, 7) is 2.54. The number of hydrogen-bond donors (Lipinski definition) is 2. The van der Waals surface area contributed by atoms with E-state index in [1.54, 1.807) is 24.3 Å². The predicted octanol–water partition coefficient (Wildman–Crippen LogP) is 4.61. The molecule has 3 aromatic rings. The highest BCUT2D eigenvalue weighted by Gasteiger charge is 2.22. The maximum atomic E-state index is 14.0. The van der Waals surface area contributed by atoms with Crippen LogP contribution in [0.5, 0.6) is 5.75 Å². The molecule has 0 saturated heterocycles. The van der Waals surface area contributed by atoms with Gasteiger partial charge in [-0.15, -0.1) is 0 Å². The Balaban J connectivity index is 1.86. The van der Waals surface area contributed by atoms with Crippen molar-refractivity contribution in [1.29, 1.82) is 0 Å². The first kappa shape index (κ1) is 22.0. The number of ether oxygens (including phenoxy) is 1. The third kappa shape index (κ3) is 5.66. The molecule has 0 aliphatic rings. The molecule has 0 fully saturated rings. The summed E-state index contributed by atoms with van der Waals surface area (Å²) in [5.41, 5.74) is 0.171. The average Bonchev–Trinajstić information content (AvgIpc) is 2.78. The maximum absolute atomic E-state index is 14.0. The van der Waals surface area contributed by atoms with Crippen molar-refractivity contribution in [2.75, 3.05) is 6.61 Å². The number of hydrogen-bond acceptors (Lipinski definition) is 3. The van der Waals surface area contributed by atoms with E-state index in [1.807, 2.05) is 6.92 Å². The van der Waals surface area contributed by atoms with Gasteiger partial charge in [0.15, 0.2) is 0 Å². The highest BCUT2D eigenvalue weighted by molar-refractivity contribution is 5.97. The molecule has 31 heavy (non-hydrogen) atoms. The third-order valence-electron chi connectivity index (χ3n) is 4.47. The van der Waals surface area contributed by atoms with Gasteiger partial charge < -0.3 is 15.4 Å². The minimum absolute atomic E-state index is 0.171. The Bertz CT molecular complexity index is 995. The van der Waals surface area contributed by atoms with Crippen LogP contribution in [0, 0.1) is 11.6 Å². The van der Waals surface area contributed by atoms with Gasteiger partial charge in [-0.1, -0.05) is 43.3 Å². The van der Waals surface area contributed by atoms with Gasteiger partial charge in [-0.05, 0) is 48.4 Å². The zero-order valence-electron chi connectivity index (χ0n) is 16.9. The summed E-state index contributed by atoms with van der Waals surface area (Å²) < 4.78 is 33.6. The van der Waals surface area contributed by atoms with Crippen LogP contribution in [0.15, 0.2) is 72.8 Å². The summed E-state index contributed by atoms with van der Waals surface area (Å²) in [5.74, 6) is -2.19. The molecule has 3 aromatic carbocycles. The fraction of sp³-hybridized carbons (Fsp3) is 0.167. The Hall–Kier alpha value is -3.74. The second kappa shape index (κ2) is 10.3. The Morgan fingerprint density at radius 2 is 1.29 bits per heavy atom. The standard InChI is InChI=1S/C24H22F2N2O3/c1-2-15-31-17-13-11-16(12-14-17)22(27-23(29)18-7-3-5-9-20(18)25)28-24(30)19-8-4-6-10-21(19)26/h3-14,22H,2,15H2,1H3,(H,27,29)(H,28,30).